The molecule has 0 N–H and O–H groups in total. The molecule has 3 rings (SSSR count). The number of nitrogens with zero attached hydrogens (tertiary/aromatic N) is 1. The quantitative estimate of drug-likeness (QED) is 0.847. The topological polar surface area (TPSA) is 29.5 Å². The van der Waals surface area contributed by atoms with Crippen molar-refractivity contribution >= 4 is 28.8 Å². The van der Waals surface area contributed by atoms with Gasteiger partial charge in [-0.1, -0.05) is 29.8 Å². The molecule has 0 bridgehead atoms. The van der Waals surface area contributed by atoms with Gasteiger partial charge < -0.3 is 9.64 Å². The van der Waals surface area contributed by atoms with E-state index in [0.29, 0.717) is 31.1 Å². The van der Waals surface area contributed by atoms with Gasteiger partial charge in [-0.3, -0.25) is 4.79 Å². The van der Waals surface area contributed by atoms with Crippen molar-refractivity contribution in [3.05, 3.63) is 57.2 Å². The van der Waals surface area contributed by atoms with Crippen molar-refractivity contribution in [2.75, 3.05) is 19.7 Å². The first-order valence-electron chi connectivity index (χ1n) is 7.39. The number of carbonyl (C=O) groups excluding carboxylic acids is 1. The zero-order valence-corrected chi connectivity index (χ0v) is 13.8. The fourth-order valence-electron chi connectivity index (χ4n) is 2.63. The molecule has 1 aliphatic heterocycles. The minimum Gasteiger partial charge on any atom is -0.370 e. The molecular weight excluding hydrogens is 318 g/mol. The van der Waals surface area contributed by atoms with E-state index in [-0.39, 0.29) is 12.0 Å². The fourth-order valence-corrected chi connectivity index (χ4v) is 3.54. The summed E-state index contributed by atoms with van der Waals surface area (Å²) in [4.78, 5) is 15.5. The molecule has 2 aromatic rings. The van der Waals surface area contributed by atoms with Crippen LogP contribution < -0.4 is 0 Å². The van der Waals surface area contributed by atoms with Gasteiger partial charge in [-0.25, -0.2) is 0 Å². The SMILES string of the molecule is O=C(CCc1cccs1)N1CCOC(c2cccc(Cl)c2)C1. The minimum atomic E-state index is -0.0851. The lowest BCUT2D eigenvalue weighted by molar-refractivity contribution is -0.139. The molecule has 1 atom stereocenters. The fraction of sp³-hybridized carbons (Fsp3) is 0.353. The number of carbonyl (C=O) groups is 1. The molecule has 1 aromatic heterocycles. The van der Waals surface area contributed by atoms with Crippen molar-refractivity contribution in [3.63, 3.8) is 0 Å². The van der Waals surface area contributed by atoms with E-state index in [9.17, 15) is 4.79 Å². The van der Waals surface area contributed by atoms with Crippen LogP contribution in [0.3, 0.4) is 0 Å². The zero-order valence-electron chi connectivity index (χ0n) is 12.2. The number of aryl methyl sites for hydroxylation is 1. The van der Waals surface area contributed by atoms with E-state index in [0.717, 1.165) is 12.0 Å². The Bertz CT molecular complexity index is 629. The van der Waals surface area contributed by atoms with Crippen molar-refractivity contribution in [2.45, 2.75) is 18.9 Å². The Morgan fingerprint density at radius 1 is 1.36 bits per heavy atom. The van der Waals surface area contributed by atoms with Gasteiger partial charge in [-0.2, -0.15) is 0 Å². The summed E-state index contributed by atoms with van der Waals surface area (Å²) in [7, 11) is 0. The van der Waals surface area contributed by atoms with Gasteiger partial charge in [0.15, 0.2) is 0 Å². The second-order valence-corrected chi connectivity index (χ2v) is 6.80. The van der Waals surface area contributed by atoms with Crippen LogP contribution in [0.25, 0.3) is 0 Å². The van der Waals surface area contributed by atoms with Gasteiger partial charge in [0.1, 0.15) is 6.10 Å². The summed E-state index contributed by atoms with van der Waals surface area (Å²) in [6.45, 7) is 1.84. The van der Waals surface area contributed by atoms with Gasteiger partial charge in [-0.15, -0.1) is 11.3 Å². The second kappa shape index (κ2) is 7.27. The standard InChI is InChI=1S/C17H18ClNO2S/c18-14-4-1-3-13(11-14)16-12-19(8-9-21-16)17(20)7-6-15-5-2-10-22-15/h1-5,10-11,16H,6-9,12H2. The number of hydrogen-bond donors (Lipinski definition) is 0. The van der Waals surface area contributed by atoms with Crippen molar-refractivity contribution in [2.24, 2.45) is 0 Å². The molecular formula is C17H18ClNO2S. The number of hydrogen-bond acceptors (Lipinski definition) is 3. The van der Waals surface area contributed by atoms with E-state index in [2.05, 4.69) is 6.07 Å². The minimum absolute atomic E-state index is 0.0851. The van der Waals surface area contributed by atoms with Crippen LogP contribution in [-0.4, -0.2) is 30.5 Å². The Kier molecular flexibility index (Phi) is 5.13. The largest absolute Gasteiger partial charge is 0.370 e. The highest BCUT2D eigenvalue weighted by molar-refractivity contribution is 7.09. The van der Waals surface area contributed by atoms with Crippen molar-refractivity contribution in [3.8, 4) is 0 Å². The lowest BCUT2D eigenvalue weighted by Crippen LogP contribution is -2.42. The van der Waals surface area contributed by atoms with Crippen LogP contribution in [0, 0.1) is 0 Å². The highest BCUT2D eigenvalue weighted by atomic mass is 35.5. The Hall–Kier alpha value is -1.36. The maximum atomic E-state index is 12.4. The molecule has 0 saturated carbocycles. The summed E-state index contributed by atoms with van der Waals surface area (Å²) >= 11 is 7.74. The van der Waals surface area contributed by atoms with Gasteiger partial charge in [0.05, 0.1) is 13.2 Å². The third-order valence-electron chi connectivity index (χ3n) is 3.80. The Balaban J connectivity index is 1.59. The van der Waals surface area contributed by atoms with Crippen LogP contribution in [0.1, 0.15) is 23.0 Å². The highest BCUT2D eigenvalue weighted by Gasteiger charge is 2.25. The average molecular weight is 336 g/mol. The van der Waals surface area contributed by atoms with Gasteiger partial charge in [-0.05, 0) is 35.6 Å². The molecule has 3 nitrogen and oxygen atoms in total. The van der Waals surface area contributed by atoms with Crippen LogP contribution in [0.15, 0.2) is 41.8 Å². The van der Waals surface area contributed by atoms with Crippen LogP contribution in [0.2, 0.25) is 5.02 Å². The Morgan fingerprint density at radius 3 is 3.05 bits per heavy atom. The predicted molar refractivity (Wildman–Crippen MR) is 89.4 cm³/mol. The first kappa shape index (κ1) is 15.5. The summed E-state index contributed by atoms with van der Waals surface area (Å²) in [6.07, 6.45) is 1.29. The van der Waals surface area contributed by atoms with Crippen molar-refractivity contribution < 1.29 is 9.53 Å². The monoisotopic (exact) mass is 335 g/mol. The molecule has 1 aromatic carbocycles. The van der Waals surface area contributed by atoms with Gasteiger partial charge in [0.25, 0.3) is 0 Å². The summed E-state index contributed by atoms with van der Waals surface area (Å²) in [5, 5.41) is 2.74. The number of morpholine rings is 1. The molecule has 0 radical (unpaired) electrons. The maximum absolute atomic E-state index is 12.4. The van der Waals surface area contributed by atoms with Crippen LogP contribution in [0.4, 0.5) is 0 Å². The highest BCUT2D eigenvalue weighted by Crippen LogP contribution is 2.25. The molecule has 2 heterocycles. The first-order valence-corrected chi connectivity index (χ1v) is 8.65. The molecule has 0 aliphatic carbocycles. The van der Waals surface area contributed by atoms with E-state index >= 15 is 0 Å². The zero-order chi connectivity index (χ0) is 15.4. The molecule has 5 heteroatoms. The predicted octanol–water partition coefficient (Wildman–Crippen LogP) is 3.93. The third-order valence-corrected chi connectivity index (χ3v) is 4.98. The molecule has 116 valence electrons. The maximum Gasteiger partial charge on any atom is 0.223 e. The summed E-state index contributed by atoms with van der Waals surface area (Å²) in [5.41, 5.74) is 1.03. The van der Waals surface area contributed by atoms with Crippen LogP contribution >= 0.6 is 22.9 Å². The molecule has 0 spiro atoms. The second-order valence-electron chi connectivity index (χ2n) is 5.33. The summed E-state index contributed by atoms with van der Waals surface area (Å²) in [6, 6.07) is 11.8. The smallest absolute Gasteiger partial charge is 0.223 e. The lowest BCUT2D eigenvalue weighted by atomic mass is 10.1. The van der Waals surface area contributed by atoms with Gasteiger partial charge in [0.2, 0.25) is 5.91 Å². The molecule has 22 heavy (non-hydrogen) atoms. The number of halogens is 1. The van der Waals surface area contributed by atoms with E-state index in [1.807, 2.05) is 40.6 Å². The molecule has 1 aliphatic rings. The van der Waals surface area contributed by atoms with Gasteiger partial charge >= 0.3 is 0 Å². The Morgan fingerprint density at radius 2 is 2.27 bits per heavy atom. The number of rotatable bonds is 4. The van der Waals surface area contributed by atoms with E-state index in [1.165, 1.54) is 4.88 Å². The normalized spacial score (nSPS) is 18.4. The molecule has 1 saturated heterocycles. The first-order chi connectivity index (χ1) is 10.7. The number of benzene rings is 1. The third kappa shape index (κ3) is 3.88. The van der Waals surface area contributed by atoms with Crippen LogP contribution in [-0.2, 0) is 16.0 Å². The van der Waals surface area contributed by atoms with E-state index in [4.69, 9.17) is 16.3 Å². The van der Waals surface area contributed by atoms with Crippen molar-refractivity contribution in [1.82, 2.24) is 4.90 Å². The molecule has 1 fully saturated rings. The van der Waals surface area contributed by atoms with E-state index in [1.54, 1.807) is 11.3 Å². The van der Waals surface area contributed by atoms with Gasteiger partial charge in [0, 0.05) is 22.9 Å². The number of amides is 1. The molecule has 1 unspecified atom stereocenters. The van der Waals surface area contributed by atoms with Crippen LogP contribution in [0.5, 0.6) is 0 Å². The Labute approximate surface area is 139 Å². The summed E-state index contributed by atoms with van der Waals surface area (Å²) < 4.78 is 5.80. The lowest BCUT2D eigenvalue weighted by Gasteiger charge is -2.33. The number of thiophene rings is 1. The van der Waals surface area contributed by atoms with Crippen molar-refractivity contribution in [1.29, 1.82) is 0 Å². The van der Waals surface area contributed by atoms with E-state index < -0.39 is 0 Å². The molecule has 1 amide bonds. The average Bonchev–Trinajstić information content (AvgIpc) is 3.06. The number of ether oxygens (including phenoxy) is 1. The summed E-state index contributed by atoms with van der Waals surface area (Å²) in [5.74, 6) is 0.198.